The fourth-order valence-electron chi connectivity index (χ4n) is 5.68. The average Bonchev–Trinajstić information content (AvgIpc) is 3.34. The van der Waals surface area contributed by atoms with Crippen LogP contribution in [0, 0.1) is 11.8 Å². The summed E-state index contributed by atoms with van der Waals surface area (Å²) in [6.07, 6.45) is -4.95. The molecule has 3 N–H and O–H groups in total. The van der Waals surface area contributed by atoms with E-state index >= 15 is 0 Å². The van der Waals surface area contributed by atoms with Gasteiger partial charge in [-0.15, -0.1) is 0 Å². The summed E-state index contributed by atoms with van der Waals surface area (Å²) in [7, 11) is 0. The SMILES string of the molecule is O=C(Nc1cc(C(F)(F)F)ccn1)C1C2CC(F)(F)CN2C2(C(=O)Nc3c(Cl)cc(Cl)cc32)C1C(=O)O. The number of hydrogen-bond donors (Lipinski definition) is 3. The molecule has 1 aromatic heterocycles. The van der Waals surface area contributed by atoms with Gasteiger partial charge in [-0.05, 0) is 24.3 Å². The first kappa shape index (κ1) is 25.6. The molecule has 0 bridgehead atoms. The van der Waals surface area contributed by atoms with Crippen LogP contribution in [-0.4, -0.2) is 51.3 Å². The second-order valence-corrected chi connectivity index (χ2v) is 9.89. The van der Waals surface area contributed by atoms with E-state index in [0.717, 1.165) is 11.1 Å². The zero-order valence-corrected chi connectivity index (χ0v) is 19.8. The minimum atomic E-state index is -4.77. The van der Waals surface area contributed by atoms with Gasteiger partial charge < -0.3 is 15.7 Å². The number of anilines is 2. The number of fused-ring (bicyclic) bond motifs is 4. The first-order valence-electron chi connectivity index (χ1n) is 10.7. The molecule has 15 heteroatoms. The Morgan fingerprint density at radius 1 is 1.22 bits per heavy atom. The number of nitrogens with zero attached hydrogens (tertiary/aromatic N) is 2. The monoisotopic (exact) mass is 564 g/mol. The lowest BCUT2D eigenvalue weighted by Crippen LogP contribution is -2.54. The molecule has 8 nitrogen and oxygen atoms in total. The Balaban J connectivity index is 1.64. The molecule has 4 unspecified atom stereocenters. The molecule has 3 aliphatic rings. The molecule has 5 rings (SSSR count). The normalized spacial score (nSPS) is 28.2. The summed E-state index contributed by atoms with van der Waals surface area (Å²) in [6.45, 7) is -1.05. The average molecular weight is 565 g/mol. The molecule has 2 fully saturated rings. The topological polar surface area (TPSA) is 112 Å². The summed E-state index contributed by atoms with van der Waals surface area (Å²) in [4.78, 5) is 44.1. The van der Waals surface area contributed by atoms with Crippen LogP contribution in [0.2, 0.25) is 10.0 Å². The van der Waals surface area contributed by atoms with Crippen LogP contribution in [0.25, 0.3) is 0 Å². The Labute approximate surface area is 214 Å². The molecular weight excluding hydrogens is 550 g/mol. The number of halogens is 7. The highest BCUT2D eigenvalue weighted by Gasteiger charge is 2.74. The highest BCUT2D eigenvalue weighted by molar-refractivity contribution is 6.38. The van der Waals surface area contributed by atoms with Gasteiger partial charge in [0.25, 0.3) is 11.8 Å². The number of hydrogen-bond acceptors (Lipinski definition) is 5. The third kappa shape index (κ3) is 3.82. The van der Waals surface area contributed by atoms with E-state index in [4.69, 9.17) is 23.2 Å². The summed E-state index contributed by atoms with van der Waals surface area (Å²) >= 11 is 12.3. The number of benzene rings is 1. The molecule has 1 aromatic carbocycles. The summed E-state index contributed by atoms with van der Waals surface area (Å²) in [6, 6.07) is 2.21. The van der Waals surface area contributed by atoms with E-state index in [0.29, 0.717) is 12.1 Å². The van der Waals surface area contributed by atoms with Crippen molar-refractivity contribution in [3.05, 3.63) is 51.6 Å². The largest absolute Gasteiger partial charge is 0.481 e. The number of rotatable bonds is 3. The van der Waals surface area contributed by atoms with Gasteiger partial charge in [-0.2, -0.15) is 13.2 Å². The van der Waals surface area contributed by atoms with Crippen molar-refractivity contribution in [3.63, 3.8) is 0 Å². The Morgan fingerprint density at radius 2 is 1.92 bits per heavy atom. The molecule has 0 saturated carbocycles. The zero-order valence-electron chi connectivity index (χ0n) is 18.2. The number of aromatic nitrogens is 1. The number of pyridine rings is 1. The van der Waals surface area contributed by atoms with Gasteiger partial charge in [0.05, 0.1) is 28.7 Å². The quantitative estimate of drug-likeness (QED) is 0.481. The van der Waals surface area contributed by atoms with Crippen LogP contribution in [0.15, 0.2) is 30.5 Å². The predicted molar refractivity (Wildman–Crippen MR) is 119 cm³/mol. The van der Waals surface area contributed by atoms with Crippen molar-refractivity contribution >= 4 is 52.5 Å². The van der Waals surface area contributed by atoms with Gasteiger partial charge in [-0.3, -0.25) is 19.3 Å². The lowest BCUT2D eigenvalue weighted by atomic mass is 9.73. The van der Waals surface area contributed by atoms with Crippen molar-refractivity contribution in [1.82, 2.24) is 9.88 Å². The minimum Gasteiger partial charge on any atom is -0.481 e. The van der Waals surface area contributed by atoms with E-state index in [1.807, 2.05) is 0 Å². The second-order valence-electron chi connectivity index (χ2n) is 9.04. The Morgan fingerprint density at radius 3 is 2.57 bits per heavy atom. The molecule has 2 amide bonds. The predicted octanol–water partition coefficient (Wildman–Crippen LogP) is 4.23. The maximum atomic E-state index is 14.7. The molecule has 2 saturated heterocycles. The van der Waals surface area contributed by atoms with Crippen LogP contribution in [-0.2, 0) is 26.1 Å². The zero-order chi connectivity index (χ0) is 27.1. The van der Waals surface area contributed by atoms with E-state index in [1.165, 1.54) is 12.1 Å². The van der Waals surface area contributed by atoms with Crippen LogP contribution in [0.1, 0.15) is 17.5 Å². The first-order chi connectivity index (χ1) is 17.2. The van der Waals surface area contributed by atoms with Crippen molar-refractivity contribution in [3.8, 4) is 0 Å². The van der Waals surface area contributed by atoms with E-state index in [9.17, 15) is 41.4 Å². The van der Waals surface area contributed by atoms with Gasteiger partial charge in [0.1, 0.15) is 17.3 Å². The summed E-state index contributed by atoms with van der Waals surface area (Å²) in [5.74, 6) is -11.5. The molecule has 2 aromatic rings. The van der Waals surface area contributed by atoms with Crippen LogP contribution in [0.3, 0.4) is 0 Å². The molecule has 0 radical (unpaired) electrons. The summed E-state index contributed by atoms with van der Waals surface area (Å²) in [5, 5.41) is 14.7. The van der Waals surface area contributed by atoms with Gasteiger partial charge in [-0.25, -0.2) is 13.8 Å². The van der Waals surface area contributed by atoms with Crippen LogP contribution in [0.4, 0.5) is 33.5 Å². The third-order valence-corrected chi connectivity index (χ3v) is 7.46. The summed E-state index contributed by atoms with van der Waals surface area (Å²) < 4.78 is 68.7. The Hall–Kier alpha value is -3.03. The lowest BCUT2D eigenvalue weighted by Gasteiger charge is -2.35. The number of carbonyl (C=O) groups excluding carboxylic acids is 2. The number of amides is 2. The maximum Gasteiger partial charge on any atom is 0.416 e. The Kier molecular flexibility index (Phi) is 5.70. The maximum absolute atomic E-state index is 14.7. The number of alkyl halides is 5. The molecule has 37 heavy (non-hydrogen) atoms. The van der Waals surface area contributed by atoms with Gasteiger partial charge in [0, 0.05) is 29.2 Å². The van der Waals surface area contributed by atoms with Crippen molar-refractivity contribution in [1.29, 1.82) is 0 Å². The molecule has 196 valence electrons. The van der Waals surface area contributed by atoms with E-state index < -0.39 is 77.6 Å². The van der Waals surface area contributed by atoms with Crippen molar-refractivity contribution < 1.29 is 41.4 Å². The second kappa shape index (κ2) is 8.23. The lowest BCUT2D eigenvalue weighted by molar-refractivity contribution is -0.153. The molecule has 3 aliphatic heterocycles. The van der Waals surface area contributed by atoms with Crippen molar-refractivity contribution in [2.24, 2.45) is 11.8 Å². The number of aliphatic carboxylic acids is 1. The molecule has 0 aliphatic carbocycles. The molecule has 4 heterocycles. The number of carbonyl (C=O) groups is 3. The molecular formula is C22H15Cl2F5N4O4. The number of carboxylic acids is 1. The Bertz CT molecular complexity index is 1360. The summed E-state index contributed by atoms with van der Waals surface area (Å²) in [5.41, 5.74) is -3.55. The molecule has 1 spiro atoms. The molecule has 4 atom stereocenters. The van der Waals surface area contributed by atoms with Crippen LogP contribution in [0.5, 0.6) is 0 Å². The smallest absolute Gasteiger partial charge is 0.416 e. The van der Waals surface area contributed by atoms with Crippen molar-refractivity contribution in [2.75, 3.05) is 17.2 Å². The van der Waals surface area contributed by atoms with Gasteiger partial charge in [-0.1, -0.05) is 23.2 Å². The first-order valence-corrected chi connectivity index (χ1v) is 11.4. The van der Waals surface area contributed by atoms with E-state index in [2.05, 4.69) is 15.6 Å². The van der Waals surface area contributed by atoms with Crippen LogP contribution < -0.4 is 10.6 Å². The van der Waals surface area contributed by atoms with Gasteiger partial charge in [0.15, 0.2) is 0 Å². The van der Waals surface area contributed by atoms with Gasteiger partial charge >= 0.3 is 12.1 Å². The number of carboxylic acid groups (broad SMARTS) is 1. The van der Waals surface area contributed by atoms with Crippen LogP contribution >= 0.6 is 23.2 Å². The van der Waals surface area contributed by atoms with Crippen molar-refractivity contribution in [2.45, 2.75) is 30.1 Å². The highest BCUT2D eigenvalue weighted by Crippen LogP contribution is 2.61. The van der Waals surface area contributed by atoms with E-state index in [-0.39, 0.29) is 21.3 Å². The fraction of sp³-hybridized carbons (Fsp3) is 0.364. The van der Waals surface area contributed by atoms with Gasteiger partial charge in [0.2, 0.25) is 5.91 Å². The standard InChI is InChI=1S/C22H15Cl2F5N4O4/c23-9-4-10-16(11(24)5-9)32-19(37)21(10)15(18(35)36)14(12-6-20(25,26)7-33(12)21)17(34)31-13-3-8(1-2-30-13)22(27,28)29/h1-5,12,14-15H,6-7H2,(H,32,37)(H,35,36)(H,30,31,34). The number of nitrogens with one attached hydrogen (secondary N) is 2. The third-order valence-electron chi connectivity index (χ3n) is 6.94. The highest BCUT2D eigenvalue weighted by atomic mass is 35.5. The fourth-order valence-corrected chi connectivity index (χ4v) is 6.23. The van der Waals surface area contributed by atoms with E-state index in [1.54, 1.807) is 0 Å². The minimum absolute atomic E-state index is 0.00709.